The Hall–Kier alpha value is -2.42. The third-order valence-corrected chi connectivity index (χ3v) is 2.28. The van der Waals surface area contributed by atoms with E-state index in [1.165, 1.54) is 17.0 Å². The second-order valence-electron chi connectivity index (χ2n) is 3.11. The topological polar surface area (TPSA) is 91.8 Å². The predicted octanol–water partition coefficient (Wildman–Crippen LogP) is 0.389. The zero-order valence-electron chi connectivity index (χ0n) is 8.51. The molecule has 0 radical (unpaired) electrons. The molecule has 0 bridgehead atoms. The molecular formula is C10H8N4O2. The summed E-state index contributed by atoms with van der Waals surface area (Å²) in [7, 11) is 0. The second-order valence-corrected chi connectivity index (χ2v) is 3.11. The lowest BCUT2D eigenvalue weighted by molar-refractivity contribution is 0.475. The Morgan fingerprint density at radius 1 is 1.50 bits per heavy atom. The molecule has 2 heterocycles. The van der Waals surface area contributed by atoms with E-state index in [0.717, 1.165) is 0 Å². The van der Waals surface area contributed by atoms with Crippen LogP contribution < -0.4 is 5.56 Å². The molecule has 0 aliphatic carbocycles. The first-order valence-electron chi connectivity index (χ1n) is 4.67. The largest absolute Gasteiger partial charge is 0.504 e. The summed E-state index contributed by atoms with van der Waals surface area (Å²) in [6.07, 6.45) is 2.83. The van der Waals surface area contributed by atoms with Crippen LogP contribution in [0, 0.1) is 11.3 Å². The standard InChI is InChI=1S/C10H8N4O2/c1-2-14-9-7(12-3-4-13-9)8(15)6(5-11)10(14)16/h3-4,15H,2H2,1H3. The highest BCUT2D eigenvalue weighted by Crippen LogP contribution is 2.21. The maximum absolute atomic E-state index is 11.8. The van der Waals surface area contributed by atoms with Gasteiger partial charge in [0.25, 0.3) is 5.56 Å². The van der Waals surface area contributed by atoms with E-state index in [1.807, 2.05) is 0 Å². The van der Waals surface area contributed by atoms with Crippen molar-refractivity contribution in [1.29, 1.82) is 5.26 Å². The van der Waals surface area contributed by atoms with E-state index in [1.54, 1.807) is 13.0 Å². The van der Waals surface area contributed by atoms with Gasteiger partial charge in [-0.1, -0.05) is 0 Å². The average molecular weight is 216 g/mol. The number of aryl methyl sites for hydroxylation is 1. The van der Waals surface area contributed by atoms with Gasteiger partial charge in [-0.2, -0.15) is 5.26 Å². The van der Waals surface area contributed by atoms with Crippen LogP contribution in [-0.2, 0) is 6.54 Å². The van der Waals surface area contributed by atoms with Crippen molar-refractivity contribution in [2.75, 3.05) is 0 Å². The molecule has 0 saturated carbocycles. The van der Waals surface area contributed by atoms with Crippen molar-refractivity contribution in [3.8, 4) is 11.8 Å². The SMILES string of the molecule is CCn1c(=O)c(C#N)c(O)c2nccnc21. The Morgan fingerprint density at radius 3 is 2.81 bits per heavy atom. The molecule has 0 amide bonds. The maximum Gasteiger partial charge on any atom is 0.274 e. The molecule has 80 valence electrons. The fourth-order valence-corrected chi connectivity index (χ4v) is 1.54. The van der Waals surface area contributed by atoms with E-state index >= 15 is 0 Å². The van der Waals surface area contributed by atoms with Gasteiger partial charge in [0.15, 0.2) is 17.0 Å². The molecule has 0 unspecified atom stereocenters. The minimum absolute atomic E-state index is 0.167. The van der Waals surface area contributed by atoms with Crippen LogP contribution >= 0.6 is 0 Å². The smallest absolute Gasteiger partial charge is 0.274 e. The van der Waals surface area contributed by atoms with Crippen molar-refractivity contribution in [1.82, 2.24) is 14.5 Å². The van der Waals surface area contributed by atoms with Gasteiger partial charge in [0.05, 0.1) is 0 Å². The first kappa shape index (κ1) is 10.1. The van der Waals surface area contributed by atoms with Crippen molar-refractivity contribution in [3.05, 3.63) is 28.3 Å². The average Bonchev–Trinajstić information content (AvgIpc) is 2.30. The number of hydrogen-bond acceptors (Lipinski definition) is 5. The van der Waals surface area contributed by atoms with Crippen molar-refractivity contribution < 1.29 is 5.11 Å². The van der Waals surface area contributed by atoms with Crippen LogP contribution in [0.1, 0.15) is 12.5 Å². The van der Waals surface area contributed by atoms with Crippen LogP contribution in [0.2, 0.25) is 0 Å². The lowest BCUT2D eigenvalue weighted by atomic mass is 10.2. The zero-order valence-corrected chi connectivity index (χ0v) is 8.51. The monoisotopic (exact) mass is 216 g/mol. The van der Waals surface area contributed by atoms with Crippen molar-refractivity contribution in [2.45, 2.75) is 13.5 Å². The van der Waals surface area contributed by atoms with Gasteiger partial charge < -0.3 is 5.11 Å². The van der Waals surface area contributed by atoms with Crippen molar-refractivity contribution >= 4 is 11.2 Å². The van der Waals surface area contributed by atoms with E-state index in [9.17, 15) is 9.90 Å². The Bertz CT molecular complexity index is 654. The summed E-state index contributed by atoms with van der Waals surface area (Å²) >= 11 is 0. The van der Waals surface area contributed by atoms with E-state index < -0.39 is 11.3 Å². The Kier molecular flexibility index (Phi) is 2.29. The number of nitrogens with zero attached hydrogens (tertiary/aromatic N) is 4. The molecule has 0 aliphatic rings. The lowest BCUT2D eigenvalue weighted by Crippen LogP contribution is -2.23. The molecule has 2 rings (SSSR count). The number of fused-ring (bicyclic) bond motifs is 1. The van der Waals surface area contributed by atoms with Gasteiger partial charge in [0, 0.05) is 18.9 Å². The number of rotatable bonds is 1. The first-order chi connectivity index (χ1) is 7.70. The predicted molar refractivity (Wildman–Crippen MR) is 55.9 cm³/mol. The lowest BCUT2D eigenvalue weighted by Gasteiger charge is -2.07. The fourth-order valence-electron chi connectivity index (χ4n) is 1.54. The van der Waals surface area contributed by atoms with Gasteiger partial charge in [-0.15, -0.1) is 0 Å². The normalized spacial score (nSPS) is 10.2. The van der Waals surface area contributed by atoms with Crippen LogP contribution in [0.5, 0.6) is 5.75 Å². The highest BCUT2D eigenvalue weighted by atomic mass is 16.3. The van der Waals surface area contributed by atoms with E-state index in [4.69, 9.17) is 5.26 Å². The minimum Gasteiger partial charge on any atom is -0.504 e. The Balaban J connectivity index is 3.08. The van der Waals surface area contributed by atoms with Gasteiger partial charge in [0.1, 0.15) is 11.6 Å². The summed E-state index contributed by atoms with van der Waals surface area (Å²) in [5, 5.41) is 18.5. The molecule has 2 aromatic heterocycles. The van der Waals surface area contributed by atoms with Crippen molar-refractivity contribution in [3.63, 3.8) is 0 Å². The molecule has 6 heteroatoms. The summed E-state index contributed by atoms with van der Waals surface area (Å²) in [6.45, 7) is 2.12. The summed E-state index contributed by atoms with van der Waals surface area (Å²) in [4.78, 5) is 19.7. The third kappa shape index (κ3) is 1.22. The number of pyridine rings is 1. The van der Waals surface area contributed by atoms with Gasteiger partial charge in [-0.25, -0.2) is 9.97 Å². The molecule has 0 saturated heterocycles. The molecule has 16 heavy (non-hydrogen) atoms. The summed E-state index contributed by atoms with van der Waals surface area (Å²) < 4.78 is 1.31. The van der Waals surface area contributed by atoms with E-state index in [-0.39, 0.29) is 16.7 Å². The number of aromatic nitrogens is 3. The number of aromatic hydroxyl groups is 1. The van der Waals surface area contributed by atoms with Gasteiger partial charge in [-0.05, 0) is 6.92 Å². The molecule has 6 nitrogen and oxygen atoms in total. The van der Waals surface area contributed by atoms with Gasteiger partial charge in [-0.3, -0.25) is 9.36 Å². The molecular weight excluding hydrogens is 208 g/mol. The quantitative estimate of drug-likeness (QED) is 0.744. The fraction of sp³-hybridized carbons (Fsp3) is 0.200. The highest BCUT2D eigenvalue weighted by molar-refractivity contribution is 5.79. The summed E-state index contributed by atoms with van der Waals surface area (Å²) in [6, 6.07) is 1.68. The summed E-state index contributed by atoms with van der Waals surface area (Å²) in [5.74, 6) is -0.402. The third-order valence-electron chi connectivity index (χ3n) is 2.28. The molecule has 0 fully saturated rings. The number of nitriles is 1. The number of hydrogen-bond donors (Lipinski definition) is 1. The first-order valence-corrected chi connectivity index (χ1v) is 4.67. The van der Waals surface area contributed by atoms with Crippen LogP contribution in [-0.4, -0.2) is 19.6 Å². The Labute approximate surface area is 90.4 Å². The summed E-state index contributed by atoms with van der Waals surface area (Å²) in [5.41, 5.74) is -0.391. The minimum atomic E-state index is -0.546. The van der Waals surface area contributed by atoms with Crippen LogP contribution in [0.25, 0.3) is 11.2 Å². The van der Waals surface area contributed by atoms with E-state index in [0.29, 0.717) is 6.54 Å². The molecule has 0 aliphatic heterocycles. The zero-order chi connectivity index (χ0) is 11.7. The van der Waals surface area contributed by atoms with Crippen LogP contribution in [0.4, 0.5) is 0 Å². The molecule has 2 aromatic rings. The van der Waals surface area contributed by atoms with E-state index in [2.05, 4.69) is 9.97 Å². The molecule has 0 spiro atoms. The Morgan fingerprint density at radius 2 is 2.19 bits per heavy atom. The second kappa shape index (κ2) is 3.62. The van der Waals surface area contributed by atoms with Crippen LogP contribution in [0.15, 0.2) is 17.2 Å². The van der Waals surface area contributed by atoms with Gasteiger partial charge in [0.2, 0.25) is 0 Å². The molecule has 0 aromatic carbocycles. The van der Waals surface area contributed by atoms with Crippen molar-refractivity contribution in [2.24, 2.45) is 0 Å². The molecule has 0 atom stereocenters. The maximum atomic E-state index is 11.8. The van der Waals surface area contributed by atoms with Crippen LogP contribution in [0.3, 0.4) is 0 Å². The molecule has 1 N–H and O–H groups in total. The van der Waals surface area contributed by atoms with Gasteiger partial charge >= 0.3 is 0 Å². The highest BCUT2D eigenvalue weighted by Gasteiger charge is 2.16.